The van der Waals surface area contributed by atoms with Gasteiger partial charge in [0.25, 0.3) is 11.8 Å². The molecule has 0 aromatic carbocycles. The molecule has 0 radical (unpaired) electrons. The van der Waals surface area contributed by atoms with Crippen LogP contribution in [0.3, 0.4) is 0 Å². The average Bonchev–Trinajstić information content (AvgIpc) is 3.44. The van der Waals surface area contributed by atoms with E-state index in [4.69, 9.17) is 5.73 Å². The van der Waals surface area contributed by atoms with Crippen LogP contribution < -0.4 is 11.1 Å². The van der Waals surface area contributed by atoms with E-state index in [-0.39, 0.29) is 22.2 Å². The molecule has 1 saturated heterocycles. The molecule has 4 rings (SSSR count). The van der Waals surface area contributed by atoms with Crippen LogP contribution in [0.15, 0.2) is 31.0 Å². The Hall–Kier alpha value is -2.34. The minimum Gasteiger partial charge on any atom is -0.477 e. The van der Waals surface area contributed by atoms with Crippen LogP contribution in [0.1, 0.15) is 5.69 Å². The number of thiazole rings is 1. The van der Waals surface area contributed by atoms with Gasteiger partial charge in [-0.1, -0.05) is 28.3 Å². The second-order valence-corrected chi connectivity index (χ2v) is 11.6. The van der Waals surface area contributed by atoms with E-state index in [2.05, 4.69) is 25.7 Å². The van der Waals surface area contributed by atoms with E-state index in [1.165, 1.54) is 56.9 Å². The second kappa shape index (κ2) is 9.65. The highest BCUT2D eigenvalue weighted by molar-refractivity contribution is 8.18. The van der Waals surface area contributed by atoms with E-state index in [1.54, 1.807) is 5.51 Å². The molecule has 2 aliphatic heterocycles. The highest BCUT2D eigenvalue weighted by atomic mass is 32.2. The van der Waals surface area contributed by atoms with Gasteiger partial charge in [-0.3, -0.25) is 14.5 Å². The molecular weight excluding hydrogens is 519 g/mol. The summed E-state index contributed by atoms with van der Waals surface area (Å²) < 4.78 is 0.766. The van der Waals surface area contributed by atoms with Crippen LogP contribution in [0, 0.1) is 0 Å². The van der Waals surface area contributed by atoms with Crippen LogP contribution in [-0.2, 0) is 14.4 Å². The molecule has 2 aliphatic rings. The number of nitrogen functional groups attached to an aromatic ring is 1. The molecule has 0 bridgehead atoms. The van der Waals surface area contributed by atoms with Gasteiger partial charge in [-0.15, -0.1) is 45.1 Å². The fraction of sp³-hybridized carbons (Fsp3) is 0.267. The van der Waals surface area contributed by atoms with Crippen LogP contribution in [0.25, 0.3) is 0 Å². The lowest BCUT2D eigenvalue weighted by Gasteiger charge is -2.49. The lowest BCUT2D eigenvalue weighted by molar-refractivity contribution is -0.150. The SMILES string of the molecule is Nc1nc(/C(=N/O)C(=O)N[C@@H]2C(=O)N3C(C(=O)O)=C(SCSc4nncs4)CS[C@@H]23)cs1. The summed E-state index contributed by atoms with van der Waals surface area (Å²) in [5, 5.41) is 33.6. The van der Waals surface area contributed by atoms with Crippen molar-refractivity contribution < 1.29 is 24.7 Å². The minimum atomic E-state index is -1.22. The molecule has 2 atom stereocenters. The Bertz CT molecular complexity index is 1120. The summed E-state index contributed by atoms with van der Waals surface area (Å²) in [6.07, 6.45) is 0. The average molecular weight is 532 g/mol. The standard InChI is InChI=1S/C15H13N7O5S5/c16-14-18-5(1-29-14)7(21-27)10(23)19-8-11(24)22-9(13(25)26)6(2-28-12(8)22)31-4-32-15-20-17-3-30-15/h1,3,8,12,27H,2,4H2,(H2,16,18)(H,19,23)(H,25,26)/b21-7-/t8-,12+/m1/s1. The number of aromatic nitrogens is 3. The number of carbonyl (C=O) groups is 3. The number of carboxylic acid groups (broad SMARTS) is 1. The van der Waals surface area contributed by atoms with Gasteiger partial charge in [0.1, 0.15) is 28.3 Å². The lowest BCUT2D eigenvalue weighted by atomic mass is 10.0. The van der Waals surface area contributed by atoms with E-state index in [9.17, 15) is 24.7 Å². The normalized spacial score (nSPS) is 20.7. The maximum atomic E-state index is 12.7. The van der Waals surface area contributed by atoms with Gasteiger partial charge in [-0.2, -0.15) is 0 Å². The number of nitrogens with zero attached hydrogens (tertiary/aromatic N) is 5. The molecular formula is C15H13N7O5S5. The predicted molar refractivity (Wildman–Crippen MR) is 123 cm³/mol. The zero-order valence-corrected chi connectivity index (χ0v) is 19.8. The molecule has 1 fully saturated rings. The number of nitrogens with two attached hydrogens (primary N) is 1. The number of nitrogens with one attached hydrogen (secondary N) is 1. The zero-order chi connectivity index (χ0) is 22.8. The number of rotatable bonds is 8. The van der Waals surface area contributed by atoms with Gasteiger partial charge < -0.3 is 21.4 Å². The summed E-state index contributed by atoms with van der Waals surface area (Å²) in [6, 6.07) is -0.961. The van der Waals surface area contributed by atoms with Crippen molar-refractivity contribution in [3.05, 3.63) is 27.2 Å². The molecule has 2 amide bonds. The molecule has 168 valence electrons. The Morgan fingerprint density at radius 3 is 2.81 bits per heavy atom. The Kier molecular flexibility index (Phi) is 6.89. The van der Waals surface area contributed by atoms with E-state index in [0.29, 0.717) is 15.7 Å². The topological polar surface area (TPSA) is 184 Å². The minimum absolute atomic E-state index is 0.0742. The molecule has 12 nitrogen and oxygen atoms in total. The highest BCUT2D eigenvalue weighted by Gasteiger charge is 2.54. The first-order chi connectivity index (χ1) is 15.4. The van der Waals surface area contributed by atoms with Gasteiger partial charge in [0.15, 0.2) is 15.2 Å². The van der Waals surface area contributed by atoms with Gasteiger partial charge in [-0.25, -0.2) is 9.78 Å². The van der Waals surface area contributed by atoms with Crippen molar-refractivity contribution in [1.29, 1.82) is 0 Å². The van der Waals surface area contributed by atoms with E-state index in [1.807, 2.05) is 0 Å². The van der Waals surface area contributed by atoms with Crippen molar-refractivity contribution in [2.24, 2.45) is 5.16 Å². The van der Waals surface area contributed by atoms with Crippen molar-refractivity contribution in [3.8, 4) is 0 Å². The number of amides is 2. The Labute approximate surface area is 200 Å². The molecule has 32 heavy (non-hydrogen) atoms. The van der Waals surface area contributed by atoms with Crippen molar-refractivity contribution in [3.63, 3.8) is 0 Å². The highest BCUT2D eigenvalue weighted by Crippen LogP contribution is 2.44. The number of oxime groups is 1. The van der Waals surface area contributed by atoms with Gasteiger partial charge in [-0.05, 0) is 0 Å². The smallest absolute Gasteiger partial charge is 0.353 e. The molecule has 0 spiro atoms. The molecule has 5 N–H and O–H groups in total. The number of hydrogen-bond acceptors (Lipinski definition) is 14. The van der Waals surface area contributed by atoms with Crippen LogP contribution in [0.4, 0.5) is 5.13 Å². The van der Waals surface area contributed by atoms with Crippen LogP contribution in [0.2, 0.25) is 0 Å². The Morgan fingerprint density at radius 2 is 2.19 bits per heavy atom. The molecule has 0 unspecified atom stereocenters. The predicted octanol–water partition coefficient (Wildman–Crippen LogP) is 0.934. The van der Waals surface area contributed by atoms with Crippen molar-refractivity contribution in [2.45, 2.75) is 15.8 Å². The molecule has 4 heterocycles. The number of carboxylic acids is 1. The third kappa shape index (κ3) is 4.42. The summed E-state index contributed by atoms with van der Waals surface area (Å²) in [7, 11) is 0. The fourth-order valence-electron chi connectivity index (χ4n) is 2.90. The second-order valence-electron chi connectivity index (χ2n) is 6.07. The Balaban J connectivity index is 1.44. The summed E-state index contributed by atoms with van der Waals surface area (Å²) >= 11 is 6.55. The molecule has 0 aliphatic carbocycles. The largest absolute Gasteiger partial charge is 0.477 e. The number of thioether (sulfide) groups is 3. The quantitative estimate of drug-likeness (QED) is 0.0945. The van der Waals surface area contributed by atoms with E-state index in [0.717, 1.165) is 15.7 Å². The van der Waals surface area contributed by atoms with Gasteiger partial charge in [0, 0.05) is 16.0 Å². The van der Waals surface area contributed by atoms with Crippen LogP contribution in [0.5, 0.6) is 0 Å². The van der Waals surface area contributed by atoms with Gasteiger partial charge in [0.2, 0.25) is 0 Å². The Morgan fingerprint density at radius 1 is 1.38 bits per heavy atom. The van der Waals surface area contributed by atoms with Crippen molar-refractivity contribution in [2.75, 3.05) is 16.6 Å². The maximum Gasteiger partial charge on any atom is 0.353 e. The first-order valence-electron chi connectivity index (χ1n) is 8.58. The van der Waals surface area contributed by atoms with Crippen molar-refractivity contribution >= 4 is 86.6 Å². The summed E-state index contributed by atoms with van der Waals surface area (Å²) in [5.41, 5.74) is 6.75. The molecule has 0 saturated carbocycles. The number of anilines is 1. The van der Waals surface area contributed by atoms with Crippen LogP contribution >= 0.6 is 58.0 Å². The zero-order valence-electron chi connectivity index (χ0n) is 15.7. The van der Waals surface area contributed by atoms with Crippen molar-refractivity contribution in [1.82, 2.24) is 25.4 Å². The summed E-state index contributed by atoms with van der Waals surface area (Å²) in [6.45, 7) is 0. The third-order valence-corrected chi connectivity index (χ3v) is 9.48. The van der Waals surface area contributed by atoms with E-state index >= 15 is 0 Å². The number of aliphatic carboxylic acids is 1. The summed E-state index contributed by atoms with van der Waals surface area (Å²) in [4.78, 5) is 42.8. The number of β-lactam (4-membered cyclic amide) rings is 1. The summed E-state index contributed by atoms with van der Waals surface area (Å²) in [5.74, 6) is -2.22. The lowest BCUT2D eigenvalue weighted by Crippen LogP contribution is -2.71. The third-order valence-electron chi connectivity index (χ3n) is 4.26. The number of fused-ring (bicyclic) bond motifs is 1. The van der Waals surface area contributed by atoms with Gasteiger partial charge >= 0.3 is 5.97 Å². The fourth-order valence-corrected chi connectivity index (χ4v) is 7.92. The first-order valence-corrected chi connectivity index (χ1v) is 13.4. The van der Waals surface area contributed by atoms with Crippen LogP contribution in [-0.4, -0.2) is 76.1 Å². The molecule has 17 heteroatoms. The maximum absolute atomic E-state index is 12.7. The molecule has 2 aromatic heterocycles. The van der Waals surface area contributed by atoms with Gasteiger partial charge in [0.05, 0.1) is 5.08 Å². The first kappa shape index (κ1) is 22.8. The number of hydrogen-bond donors (Lipinski definition) is 4. The monoisotopic (exact) mass is 531 g/mol. The molecule has 2 aromatic rings. The van der Waals surface area contributed by atoms with E-state index < -0.39 is 29.2 Å². The number of carbonyl (C=O) groups excluding carboxylic acids is 2.